The normalized spacial score (nSPS) is 11.9. The Hall–Kier alpha value is -3.45. The number of hydrogen-bond donors (Lipinski definition) is 2. The molecular formula is C22H19N3O3S. The molecule has 2 aromatic heterocycles. The summed E-state index contributed by atoms with van der Waals surface area (Å²) in [6.07, 6.45) is 0.160. The summed E-state index contributed by atoms with van der Waals surface area (Å²) in [6.45, 7) is 1.45. The van der Waals surface area contributed by atoms with Crippen LogP contribution < -0.4 is 10.6 Å². The number of thiophene rings is 1. The zero-order chi connectivity index (χ0) is 20.2. The number of hydrogen-bond acceptors (Lipinski definition) is 5. The highest BCUT2D eigenvalue weighted by molar-refractivity contribution is 7.10. The Morgan fingerprint density at radius 2 is 1.86 bits per heavy atom. The number of aromatic nitrogens is 1. The Bertz CT molecular complexity index is 1100. The van der Waals surface area contributed by atoms with Crippen molar-refractivity contribution in [3.05, 3.63) is 70.9 Å². The molecule has 1 unspecified atom stereocenters. The number of fused-ring (bicyclic) bond motifs is 1. The number of anilines is 1. The fraction of sp³-hybridized carbons (Fsp3) is 0.136. The topological polar surface area (TPSA) is 84.2 Å². The van der Waals surface area contributed by atoms with Gasteiger partial charge in [0.25, 0.3) is 0 Å². The lowest BCUT2D eigenvalue weighted by Crippen LogP contribution is -2.29. The van der Waals surface area contributed by atoms with Crippen LogP contribution in [0.3, 0.4) is 0 Å². The number of rotatable bonds is 6. The number of nitrogens with zero attached hydrogens (tertiary/aromatic N) is 1. The standard InChI is InChI=1S/C22H19N3O3S/c1-14(26)23-18(20-7-4-12-29-20)13-21(27)24-16-10-8-15(9-11-16)22-25-17-5-2-3-6-19(17)28-22/h2-12,18H,13H2,1H3,(H,23,26)(H,24,27). The Kier molecular flexibility index (Phi) is 5.39. The smallest absolute Gasteiger partial charge is 0.227 e. The Labute approximate surface area is 171 Å². The van der Waals surface area contributed by atoms with Crippen LogP contribution in [0.4, 0.5) is 5.69 Å². The van der Waals surface area contributed by atoms with E-state index in [4.69, 9.17) is 4.42 Å². The van der Waals surface area contributed by atoms with E-state index in [2.05, 4.69) is 15.6 Å². The number of carbonyl (C=O) groups excluding carboxylic acids is 2. The zero-order valence-electron chi connectivity index (χ0n) is 15.7. The van der Waals surface area contributed by atoms with Crippen molar-refractivity contribution < 1.29 is 14.0 Å². The monoisotopic (exact) mass is 405 g/mol. The lowest BCUT2D eigenvalue weighted by Gasteiger charge is -2.16. The molecule has 7 heteroatoms. The van der Waals surface area contributed by atoms with Crippen LogP contribution >= 0.6 is 11.3 Å². The van der Waals surface area contributed by atoms with Gasteiger partial charge in [0, 0.05) is 23.1 Å². The summed E-state index contributed by atoms with van der Waals surface area (Å²) >= 11 is 1.51. The van der Waals surface area contributed by atoms with Gasteiger partial charge in [-0.3, -0.25) is 9.59 Å². The molecule has 29 heavy (non-hydrogen) atoms. The predicted octanol–water partition coefficient (Wildman–Crippen LogP) is 4.76. The van der Waals surface area contributed by atoms with Crippen molar-refractivity contribution in [3.63, 3.8) is 0 Å². The van der Waals surface area contributed by atoms with Crippen molar-refractivity contribution in [3.8, 4) is 11.5 Å². The molecule has 6 nitrogen and oxygen atoms in total. The predicted molar refractivity (Wildman–Crippen MR) is 114 cm³/mol. The van der Waals surface area contributed by atoms with Crippen LogP contribution in [-0.2, 0) is 9.59 Å². The van der Waals surface area contributed by atoms with Crippen molar-refractivity contribution in [2.24, 2.45) is 0 Å². The van der Waals surface area contributed by atoms with E-state index in [1.807, 2.05) is 53.9 Å². The number of benzene rings is 2. The van der Waals surface area contributed by atoms with Crippen molar-refractivity contribution >= 4 is 39.9 Å². The molecule has 4 aromatic rings. The van der Waals surface area contributed by atoms with Gasteiger partial charge < -0.3 is 15.1 Å². The van der Waals surface area contributed by atoms with E-state index < -0.39 is 0 Å². The van der Waals surface area contributed by atoms with Gasteiger partial charge in [-0.15, -0.1) is 11.3 Å². The average Bonchev–Trinajstić information content (AvgIpc) is 3.37. The van der Waals surface area contributed by atoms with Gasteiger partial charge in [0.05, 0.1) is 12.5 Å². The summed E-state index contributed by atoms with van der Waals surface area (Å²) in [4.78, 5) is 29.4. The zero-order valence-corrected chi connectivity index (χ0v) is 16.5. The second kappa shape index (κ2) is 8.28. The van der Waals surface area contributed by atoms with Crippen LogP contribution in [0, 0.1) is 0 Å². The highest BCUT2D eigenvalue weighted by atomic mass is 32.1. The summed E-state index contributed by atoms with van der Waals surface area (Å²) < 4.78 is 5.77. The van der Waals surface area contributed by atoms with Gasteiger partial charge in [-0.1, -0.05) is 18.2 Å². The Morgan fingerprint density at radius 3 is 2.55 bits per heavy atom. The first kappa shape index (κ1) is 18.9. The molecule has 0 bridgehead atoms. The molecule has 0 saturated heterocycles. The maximum Gasteiger partial charge on any atom is 0.227 e. The molecule has 2 amide bonds. The molecule has 0 saturated carbocycles. The lowest BCUT2D eigenvalue weighted by molar-refractivity contribution is -0.120. The van der Waals surface area contributed by atoms with Gasteiger partial charge in [-0.2, -0.15) is 0 Å². The van der Waals surface area contributed by atoms with Crippen LogP contribution in [-0.4, -0.2) is 16.8 Å². The van der Waals surface area contributed by atoms with Crippen molar-refractivity contribution in [1.82, 2.24) is 10.3 Å². The molecule has 2 aromatic carbocycles. The van der Waals surface area contributed by atoms with E-state index in [1.165, 1.54) is 18.3 Å². The summed E-state index contributed by atoms with van der Waals surface area (Å²) in [7, 11) is 0. The molecule has 0 aliphatic heterocycles. The Balaban J connectivity index is 1.43. The van der Waals surface area contributed by atoms with Gasteiger partial charge in [-0.05, 0) is 47.8 Å². The third-order valence-electron chi connectivity index (χ3n) is 4.36. The average molecular weight is 405 g/mol. The van der Waals surface area contributed by atoms with Crippen molar-refractivity contribution in [2.45, 2.75) is 19.4 Å². The molecule has 4 rings (SSSR count). The Morgan fingerprint density at radius 1 is 1.07 bits per heavy atom. The van der Waals surface area contributed by atoms with Crippen LogP contribution in [0.25, 0.3) is 22.6 Å². The summed E-state index contributed by atoms with van der Waals surface area (Å²) in [5.41, 5.74) is 3.03. The number of amides is 2. The first-order chi connectivity index (χ1) is 14.1. The van der Waals surface area contributed by atoms with E-state index in [0.29, 0.717) is 11.6 Å². The van der Waals surface area contributed by atoms with Gasteiger partial charge >= 0.3 is 0 Å². The number of oxazole rings is 1. The van der Waals surface area contributed by atoms with Gasteiger partial charge in [0.1, 0.15) is 5.52 Å². The molecule has 2 N–H and O–H groups in total. The molecule has 1 atom stereocenters. The molecule has 2 heterocycles. The highest BCUT2D eigenvalue weighted by Gasteiger charge is 2.18. The van der Waals surface area contributed by atoms with Crippen molar-refractivity contribution in [1.29, 1.82) is 0 Å². The quantitative estimate of drug-likeness (QED) is 0.484. The third-order valence-corrected chi connectivity index (χ3v) is 5.35. The van der Waals surface area contributed by atoms with Crippen LogP contribution in [0.2, 0.25) is 0 Å². The molecular weight excluding hydrogens is 386 g/mol. The van der Waals surface area contributed by atoms with E-state index in [1.54, 1.807) is 12.1 Å². The van der Waals surface area contributed by atoms with Crippen LogP contribution in [0.1, 0.15) is 24.3 Å². The second-order valence-electron chi connectivity index (χ2n) is 6.58. The summed E-state index contributed by atoms with van der Waals surface area (Å²) in [5.74, 6) is 0.193. The molecule has 0 radical (unpaired) electrons. The minimum absolute atomic E-state index is 0.160. The third kappa shape index (κ3) is 4.52. The number of para-hydroxylation sites is 2. The van der Waals surface area contributed by atoms with Crippen LogP contribution in [0.15, 0.2) is 70.5 Å². The molecule has 0 fully saturated rings. The van der Waals surface area contributed by atoms with E-state index in [0.717, 1.165) is 21.5 Å². The van der Waals surface area contributed by atoms with Crippen molar-refractivity contribution in [2.75, 3.05) is 5.32 Å². The molecule has 146 valence electrons. The van der Waals surface area contributed by atoms with Gasteiger partial charge in [0.2, 0.25) is 17.7 Å². The molecule has 0 spiro atoms. The maximum absolute atomic E-state index is 12.5. The van der Waals surface area contributed by atoms with E-state index in [-0.39, 0.29) is 24.3 Å². The van der Waals surface area contributed by atoms with Crippen LogP contribution in [0.5, 0.6) is 0 Å². The number of carbonyl (C=O) groups is 2. The fourth-order valence-corrected chi connectivity index (χ4v) is 3.82. The maximum atomic E-state index is 12.5. The lowest BCUT2D eigenvalue weighted by atomic mass is 10.1. The number of nitrogens with one attached hydrogen (secondary N) is 2. The van der Waals surface area contributed by atoms with E-state index in [9.17, 15) is 9.59 Å². The fourth-order valence-electron chi connectivity index (χ4n) is 3.05. The second-order valence-corrected chi connectivity index (χ2v) is 7.56. The summed E-state index contributed by atoms with van der Waals surface area (Å²) in [5, 5.41) is 7.63. The minimum Gasteiger partial charge on any atom is -0.436 e. The van der Waals surface area contributed by atoms with E-state index >= 15 is 0 Å². The SMILES string of the molecule is CC(=O)NC(CC(=O)Nc1ccc(-c2nc3ccccc3o2)cc1)c1cccs1. The molecule has 0 aliphatic rings. The first-order valence-corrected chi connectivity index (χ1v) is 10.0. The minimum atomic E-state index is -0.341. The first-order valence-electron chi connectivity index (χ1n) is 9.15. The summed E-state index contributed by atoms with van der Waals surface area (Å²) in [6, 6.07) is 18.4. The largest absolute Gasteiger partial charge is 0.436 e. The van der Waals surface area contributed by atoms with Gasteiger partial charge in [-0.25, -0.2) is 4.98 Å². The highest BCUT2D eigenvalue weighted by Crippen LogP contribution is 2.26. The molecule has 0 aliphatic carbocycles. The van der Waals surface area contributed by atoms with Gasteiger partial charge in [0.15, 0.2) is 5.58 Å².